The van der Waals surface area contributed by atoms with Crippen LogP contribution in [0, 0.1) is 17.1 Å². The molecule has 0 saturated heterocycles. The molecule has 0 radical (unpaired) electrons. The number of benzene rings is 2. The number of hydrogen-bond donors (Lipinski definition) is 3. The molecule has 0 saturated carbocycles. The van der Waals surface area contributed by atoms with Crippen molar-refractivity contribution in [3.8, 4) is 11.8 Å². The Labute approximate surface area is 159 Å². The summed E-state index contributed by atoms with van der Waals surface area (Å²) < 4.78 is 18.6. The molecule has 2 aromatic carbocycles. The Morgan fingerprint density at radius 3 is 2.58 bits per heavy atom. The molecule has 3 N–H and O–H groups in total. The van der Waals surface area contributed by atoms with E-state index in [1.54, 1.807) is 31.2 Å². The van der Waals surface area contributed by atoms with Crippen molar-refractivity contribution < 1.29 is 13.9 Å². The number of rotatable bonds is 4. The van der Waals surface area contributed by atoms with E-state index in [2.05, 4.69) is 16.2 Å². The van der Waals surface area contributed by atoms with E-state index >= 15 is 0 Å². The first-order valence-corrected chi connectivity index (χ1v) is 8.16. The average molecular weight is 393 g/mol. The summed E-state index contributed by atoms with van der Waals surface area (Å²) in [5.41, 5.74) is 5.86. The minimum atomic E-state index is -0.807. The van der Waals surface area contributed by atoms with Crippen LogP contribution in [-0.2, 0) is 4.79 Å². The van der Waals surface area contributed by atoms with Gasteiger partial charge in [0.15, 0.2) is 11.2 Å². The first kappa shape index (κ1) is 19.4. The third-order valence-corrected chi connectivity index (χ3v) is 3.64. The Morgan fingerprint density at radius 2 is 1.96 bits per heavy atom. The lowest BCUT2D eigenvalue weighted by molar-refractivity contribution is -0.127. The minimum Gasteiger partial charge on any atom is -0.481 e. The van der Waals surface area contributed by atoms with E-state index in [1.807, 2.05) is 6.07 Å². The zero-order chi connectivity index (χ0) is 19.1. The average Bonchev–Trinajstić information content (AvgIpc) is 2.63. The number of nitriles is 1. The number of nitrogens with one attached hydrogen (secondary N) is 3. The van der Waals surface area contributed by atoms with Crippen LogP contribution in [0.15, 0.2) is 42.5 Å². The van der Waals surface area contributed by atoms with Gasteiger partial charge in [-0.2, -0.15) is 5.26 Å². The molecule has 6 nitrogen and oxygen atoms in total. The highest BCUT2D eigenvalue weighted by Gasteiger charge is 2.15. The van der Waals surface area contributed by atoms with E-state index < -0.39 is 17.8 Å². The first-order chi connectivity index (χ1) is 12.4. The lowest BCUT2D eigenvalue weighted by Crippen LogP contribution is -2.48. The van der Waals surface area contributed by atoms with Gasteiger partial charge in [-0.05, 0) is 61.6 Å². The van der Waals surface area contributed by atoms with Gasteiger partial charge >= 0.3 is 0 Å². The highest BCUT2D eigenvalue weighted by molar-refractivity contribution is 7.80. The number of hydrogen-bond acceptors (Lipinski definition) is 4. The second-order valence-electron chi connectivity index (χ2n) is 5.09. The minimum absolute atomic E-state index is 0.0497. The van der Waals surface area contributed by atoms with Crippen molar-refractivity contribution in [1.82, 2.24) is 10.9 Å². The van der Waals surface area contributed by atoms with Crippen LogP contribution in [0.3, 0.4) is 0 Å². The summed E-state index contributed by atoms with van der Waals surface area (Å²) in [6, 6.07) is 12.4. The Bertz CT molecular complexity index is 855. The second-order valence-corrected chi connectivity index (χ2v) is 5.91. The summed E-state index contributed by atoms with van der Waals surface area (Å²) in [6.07, 6.45) is -0.807. The van der Waals surface area contributed by atoms with Crippen molar-refractivity contribution >= 4 is 40.5 Å². The molecule has 2 aromatic rings. The van der Waals surface area contributed by atoms with Crippen LogP contribution < -0.4 is 20.9 Å². The zero-order valence-corrected chi connectivity index (χ0v) is 15.1. The van der Waals surface area contributed by atoms with E-state index in [9.17, 15) is 9.18 Å². The number of hydrazine groups is 1. The van der Waals surface area contributed by atoms with Gasteiger partial charge in [0.05, 0.1) is 16.7 Å². The van der Waals surface area contributed by atoms with Gasteiger partial charge in [0.25, 0.3) is 5.91 Å². The maximum Gasteiger partial charge on any atom is 0.279 e. The Kier molecular flexibility index (Phi) is 6.72. The fourth-order valence-corrected chi connectivity index (χ4v) is 2.17. The predicted octanol–water partition coefficient (Wildman–Crippen LogP) is 3.14. The summed E-state index contributed by atoms with van der Waals surface area (Å²) in [7, 11) is 0. The van der Waals surface area contributed by atoms with Crippen molar-refractivity contribution in [2.45, 2.75) is 13.0 Å². The van der Waals surface area contributed by atoms with E-state index in [-0.39, 0.29) is 10.1 Å². The molecular weight excluding hydrogens is 379 g/mol. The van der Waals surface area contributed by atoms with Crippen molar-refractivity contribution in [2.75, 3.05) is 5.32 Å². The maximum absolute atomic E-state index is 13.1. The molecule has 134 valence electrons. The van der Waals surface area contributed by atoms with Gasteiger partial charge in [0.1, 0.15) is 11.6 Å². The molecular formula is C17H14ClFN4O2S. The molecule has 0 heterocycles. The molecule has 0 bridgehead atoms. The monoisotopic (exact) mass is 392 g/mol. The number of ether oxygens (including phenoxy) is 1. The summed E-state index contributed by atoms with van der Waals surface area (Å²) in [6.45, 7) is 1.56. The zero-order valence-electron chi connectivity index (χ0n) is 13.5. The number of anilines is 1. The van der Waals surface area contributed by atoms with E-state index in [1.165, 1.54) is 18.2 Å². The van der Waals surface area contributed by atoms with Gasteiger partial charge in [-0.1, -0.05) is 11.6 Å². The molecule has 9 heteroatoms. The number of carbonyl (C=O) groups is 1. The van der Waals surface area contributed by atoms with Crippen molar-refractivity contribution in [1.29, 1.82) is 5.26 Å². The van der Waals surface area contributed by atoms with Crippen LogP contribution in [0.25, 0.3) is 0 Å². The van der Waals surface area contributed by atoms with Gasteiger partial charge in [-0.25, -0.2) is 4.39 Å². The van der Waals surface area contributed by atoms with E-state index in [0.29, 0.717) is 17.0 Å². The van der Waals surface area contributed by atoms with Crippen LogP contribution in [0.4, 0.5) is 10.1 Å². The smallest absolute Gasteiger partial charge is 0.279 e. The van der Waals surface area contributed by atoms with Crippen LogP contribution in [-0.4, -0.2) is 17.1 Å². The van der Waals surface area contributed by atoms with Gasteiger partial charge in [-0.3, -0.25) is 15.6 Å². The molecule has 0 spiro atoms. The van der Waals surface area contributed by atoms with Gasteiger partial charge in [0.2, 0.25) is 0 Å². The quantitative estimate of drug-likeness (QED) is 0.547. The Morgan fingerprint density at radius 1 is 1.27 bits per heavy atom. The number of amides is 1. The van der Waals surface area contributed by atoms with Gasteiger partial charge < -0.3 is 10.1 Å². The summed E-state index contributed by atoms with van der Waals surface area (Å²) in [4.78, 5) is 12.0. The molecule has 1 amide bonds. The van der Waals surface area contributed by atoms with Crippen LogP contribution in [0.1, 0.15) is 12.5 Å². The Hall–Kier alpha value is -2.89. The van der Waals surface area contributed by atoms with Crippen molar-refractivity contribution in [3.05, 3.63) is 58.9 Å². The molecule has 0 aliphatic carbocycles. The van der Waals surface area contributed by atoms with E-state index in [4.69, 9.17) is 33.8 Å². The second kappa shape index (κ2) is 8.99. The van der Waals surface area contributed by atoms with Crippen LogP contribution >= 0.6 is 23.8 Å². The van der Waals surface area contributed by atoms with Crippen molar-refractivity contribution in [3.63, 3.8) is 0 Å². The first-order valence-electron chi connectivity index (χ1n) is 7.38. The molecule has 2 rings (SSSR count). The Balaban J connectivity index is 1.81. The fraction of sp³-hybridized carbons (Fsp3) is 0.118. The summed E-state index contributed by atoms with van der Waals surface area (Å²) in [5, 5.41) is 11.5. The molecule has 1 atom stereocenters. The van der Waals surface area contributed by atoms with Gasteiger partial charge in [0, 0.05) is 5.69 Å². The molecule has 0 aromatic heterocycles. The third kappa shape index (κ3) is 5.58. The van der Waals surface area contributed by atoms with Gasteiger partial charge in [-0.15, -0.1) is 0 Å². The van der Waals surface area contributed by atoms with E-state index in [0.717, 1.165) is 0 Å². The molecule has 0 fully saturated rings. The van der Waals surface area contributed by atoms with Crippen molar-refractivity contribution in [2.24, 2.45) is 0 Å². The highest BCUT2D eigenvalue weighted by Crippen LogP contribution is 2.19. The SMILES string of the molecule is C[C@H](Oc1ccc(C#N)cc1)C(=O)NNC(=S)Nc1ccc(F)c(Cl)c1. The molecule has 0 aliphatic heterocycles. The normalized spacial score (nSPS) is 11.0. The lowest BCUT2D eigenvalue weighted by Gasteiger charge is -2.16. The lowest BCUT2D eigenvalue weighted by atomic mass is 10.2. The number of nitrogens with zero attached hydrogens (tertiary/aromatic N) is 1. The van der Waals surface area contributed by atoms with Crippen LogP contribution in [0.5, 0.6) is 5.75 Å². The number of halogens is 2. The third-order valence-electron chi connectivity index (χ3n) is 3.14. The number of thiocarbonyl (C=S) groups is 1. The highest BCUT2D eigenvalue weighted by atomic mass is 35.5. The predicted molar refractivity (Wildman–Crippen MR) is 100 cm³/mol. The standard InChI is InChI=1S/C17H14ClFN4O2S/c1-10(25-13-5-2-11(9-20)3-6-13)16(24)22-23-17(26)21-12-4-7-15(19)14(18)8-12/h2-8,10H,1H3,(H,22,24)(H2,21,23,26)/t10-/m0/s1. The maximum atomic E-state index is 13.1. The summed E-state index contributed by atoms with van der Waals surface area (Å²) >= 11 is 10.7. The molecule has 26 heavy (non-hydrogen) atoms. The topological polar surface area (TPSA) is 86.2 Å². The molecule has 0 aliphatic rings. The summed E-state index contributed by atoms with van der Waals surface area (Å²) in [5.74, 6) is -0.554. The fourth-order valence-electron chi connectivity index (χ4n) is 1.82. The van der Waals surface area contributed by atoms with Crippen LogP contribution in [0.2, 0.25) is 5.02 Å². The largest absolute Gasteiger partial charge is 0.481 e. The molecule has 0 unspecified atom stereocenters. The number of carbonyl (C=O) groups excluding carboxylic acids is 1.